The third-order valence-corrected chi connectivity index (χ3v) is 5.23. The number of fused-ring (bicyclic) bond motifs is 1. The number of benzene rings is 1. The summed E-state index contributed by atoms with van der Waals surface area (Å²) in [7, 11) is 0. The standard InChI is InChI=1S/C21H30N4O2/c1-2-22-21(24-16-10-4-3-5-11-16)23-14-8-9-15-25-19(26)17-12-6-7-13-18(17)20(25)27/h6-7,12-13,16H,2-5,8-11,14-15H2,1H3,(H2,22,23,24). The molecule has 6 nitrogen and oxygen atoms in total. The molecule has 0 bridgehead atoms. The van der Waals surface area contributed by atoms with Crippen LogP contribution in [-0.4, -0.2) is 48.3 Å². The minimum Gasteiger partial charge on any atom is -0.357 e. The van der Waals surface area contributed by atoms with Gasteiger partial charge >= 0.3 is 0 Å². The molecule has 0 atom stereocenters. The number of nitrogens with one attached hydrogen (secondary N) is 2. The fraction of sp³-hybridized carbons (Fsp3) is 0.571. The van der Waals surface area contributed by atoms with Crippen molar-refractivity contribution >= 4 is 17.8 Å². The highest BCUT2D eigenvalue weighted by atomic mass is 16.2. The van der Waals surface area contributed by atoms with Crippen molar-refractivity contribution in [1.29, 1.82) is 0 Å². The average Bonchev–Trinajstić information content (AvgIpc) is 2.93. The van der Waals surface area contributed by atoms with Crippen LogP contribution >= 0.6 is 0 Å². The first-order chi connectivity index (χ1) is 13.2. The number of carbonyl (C=O) groups excluding carboxylic acids is 2. The first-order valence-corrected chi connectivity index (χ1v) is 10.2. The molecule has 1 aromatic carbocycles. The van der Waals surface area contributed by atoms with Crippen LogP contribution in [0.2, 0.25) is 0 Å². The number of aliphatic imine (C=N–C) groups is 1. The molecule has 2 N–H and O–H groups in total. The number of carbonyl (C=O) groups is 2. The Morgan fingerprint density at radius 3 is 2.37 bits per heavy atom. The summed E-state index contributed by atoms with van der Waals surface area (Å²) in [5, 5.41) is 6.84. The van der Waals surface area contributed by atoms with E-state index in [0.717, 1.165) is 25.3 Å². The second-order valence-electron chi connectivity index (χ2n) is 7.25. The lowest BCUT2D eigenvalue weighted by molar-refractivity contribution is 0.0652. The normalized spacial score (nSPS) is 18.0. The maximum absolute atomic E-state index is 12.3. The van der Waals surface area contributed by atoms with Gasteiger partial charge < -0.3 is 10.6 Å². The van der Waals surface area contributed by atoms with Crippen molar-refractivity contribution in [3.8, 4) is 0 Å². The second-order valence-corrected chi connectivity index (χ2v) is 7.25. The zero-order chi connectivity index (χ0) is 19.1. The van der Waals surface area contributed by atoms with E-state index < -0.39 is 0 Å². The molecule has 1 heterocycles. The Morgan fingerprint density at radius 2 is 1.74 bits per heavy atom. The van der Waals surface area contributed by atoms with Crippen LogP contribution in [0.15, 0.2) is 29.3 Å². The summed E-state index contributed by atoms with van der Waals surface area (Å²) in [4.78, 5) is 30.7. The van der Waals surface area contributed by atoms with Crippen molar-refractivity contribution in [2.45, 2.75) is 57.9 Å². The van der Waals surface area contributed by atoms with Crippen LogP contribution in [0.3, 0.4) is 0 Å². The quantitative estimate of drug-likeness (QED) is 0.335. The van der Waals surface area contributed by atoms with Gasteiger partial charge in [-0.25, -0.2) is 0 Å². The number of hydrogen-bond acceptors (Lipinski definition) is 3. The molecule has 1 aliphatic heterocycles. The molecule has 0 aromatic heterocycles. The molecule has 146 valence electrons. The monoisotopic (exact) mass is 370 g/mol. The molecular formula is C21H30N4O2. The van der Waals surface area contributed by atoms with Crippen LogP contribution in [0.1, 0.15) is 72.6 Å². The van der Waals surface area contributed by atoms with Crippen molar-refractivity contribution < 1.29 is 9.59 Å². The van der Waals surface area contributed by atoms with Gasteiger partial charge in [-0.3, -0.25) is 19.5 Å². The molecule has 2 aliphatic rings. The van der Waals surface area contributed by atoms with Crippen molar-refractivity contribution in [2.24, 2.45) is 4.99 Å². The summed E-state index contributed by atoms with van der Waals surface area (Å²) in [6.07, 6.45) is 7.94. The number of guanidine groups is 1. The SMILES string of the molecule is CCNC(=NCCCCN1C(=O)c2ccccc2C1=O)NC1CCCCC1. The van der Waals surface area contributed by atoms with Crippen molar-refractivity contribution in [2.75, 3.05) is 19.6 Å². The van der Waals surface area contributed by atoms with E-state index in [1.165, 1.54) is 37.0 Å². The fourth-order valence-corrected chi connectivity index (χ4v) is 3.78. The van der Waals surface area contributed by atoms with Gasteiger partial charge in [0.05, 0.1) is 11.1 Å². The third kappa shape index (κ3) is 4.87. The molecule has 1 fully saturated rings. The number of rotatable bonds is 7. The molecule has 0 unspecified atom stereocenters. The molecule has 1 aromatic rings. The lowest BCUT2D eigenvalue weighted by atomic mass is 9.96. The van der Waals surface area contributed by atoms with Crippen LogP contribution in [-0.2, 0) is 0 Å². The average molecular weight is 370 g/mol. The fourth-order valence-electron chi connectivity index (χ4n) is 3.78. The van der Waals surface area contributed by atoms with E-state index in [1.54, 1.807) is 24.3 Å². The summed E-state index contributed by atoms with van der Waals surface area (Å²) in [5.41, 5.74) is 1.04. The molecule has 2 amide bonds. The lowest BCUT2D eigenvalue weighted by Gasteiger charge is -2.24. The predicted molar refractivity (Wildman–Crippen MR) is 107 cm³/mol. The molecule has 0 radical (unpaired) electrons. The Labute approximate surface area is 161 Å². The van der Waals surface area contributed by atoms with Gasteiger partial charge in [-0.05, 0) is 44.7 Å². The predicted octanol–water partition coefficient (Wildman–Crippen LogP) is 2.95. The molecule has 27 heavy (non-hydrogen) atoms. The number of amides is 2. The Hall–Kier alpha value is -2.37. The summed E-state index contributed by atoms with van der Waals surface area (Å²) >= 11 is 0. The molecule has 0 saturated heterocycles. The molecular weight excluding hydrogens is 340 g/mol. The van der Waals surface area contributed by atoms with Gasteiger partial charge in [-0.2, -0.15) is 0 Å². The van der Waals surface area contributed by atoms with E-state index in [1.807, 2.05) is 0 Å². The first-order valence-electron chi connectivity index (χ1n) is 10.2. The minimum atomic E-state index is -0.175. The maximum Gasteiger partial charge on any atom is 0.261 e. The van der Waals surface area contributed by atoms with Gasteiger partial charge in [0.2, 0.25) is 0 Å². The lowest BCUT2D eigenvalue weighted by Crippen LogP contribution is -2.44. The number of imide groups is 1. The summed E-state index contributed by atoms with van der Waals surface area (Å²) < 4.78 is 0. The van der Waals surface area contributed by atoms with Crippen LogP contribution in [0.4, 0.5) is 0 Å². The second kappa shape index (κ2) is 9.53. The molecule has 1 saturated carbocycles. The minimum absolute atomic E-state index is 0.175. The van der Waals surface area contributed by atoms with Gasteiger partial charge in [-0.15, -0.1) is 0 Å². The van der Waals surface area contributed by atoms with Crippen LogP contribution in [0.5, 0.6) is 0 Å². The maximum atomic E-state index is 12.3. The Balaban J connectivity index is 1.44. The van der Waals surface area contributed by atoms with Crippen LogP contribution in [0, 0.1) is 0 Å². The van der Waals surface area contributed by atoms with E-state index in [0.29, 0.717) is 30.3 Å². The Bertz CT molecular complexity index is 660. The summed E-state index contributed by atoms with van der Waals surface area (Å²) in [6, 6.07) is 7.56. The number of hydrogen-bond donors (Lipinski definition) is 2. The molecule has 3 rings (SSSR count). The highest BCUT2D eigenvalue weighted by molar-refractivity contribution is 6.21. The Morgan fingerprint density at radius 1 is 1.07 bits per heavy atom. The topological polar surface area (TPSA) is 73.8 Å². The summed E-state index contributed by atoms with van der Waals surface area (Å²) in [6.45, 7) is 4.05. The van der Waals surface area contributed by atoms with Crippen molar-refractivity contribution in [3.05, 3.63) is 35.4 Å². The summed E-state index contributed by atoms with van der Waals surface area (Å²) in [5.74, 6) is 0.531. The zero-order valence-corrected chi connectivity index (χ0v) is 16.2. The van der Waals surface area contributed by atoms with E-state index in [9.17, 15) is 9.59 Å². The van der Waals surface area contributed by atoms with Gasteiger partial charge in [0.25, 0.3) is 11.8 Å². The van der Waals surface area contributed by atoms with Gasteiger partial charge in [0.15, 0.2) is 5.96 Å². The Kier molecular flexibility index (Phi) is 6.85. The zero-order valence-electron chi connectivity index (χ0n) is 16.2. The largest absolute Gasteiger partial charge is 0.357 e. The van der Waals surface area contributed by atoms with Gasteiger partial charge in [0, 0.05) is 25.7 Å². The van der Waals surface area contributed by atoms with E-state index >= 15 is 0 Å². The van der Waals surface area contributed by atoms with Crippen molar-refractivity contribution in [1.82, 2.24) is 15.5 Å². The smallest absolute Gasteiger partial charge is 0.261 e. The number of unbranched alkanes of at least 4 members (excludes halogenated alkanes) is 1. The van der Waals surface area contributed by atoms with E-state index in [2.05, 4.69) is 22.5 Å². The van der Waals surface area contributed by atoms with Crippen molar-refractivity contribution in [3.63, 3.8) is 0 Å². The molecule has 6 heteroatoms. The highest BCUT2D eigenvalue weighted by Gasteiger charge is 2.34. The molecule has 0 spiro atoms. The van der Waals surface area contributed by atoms with Gasteiger partial charge in [-0.1, -0.05) is 31.4 Å². The van der Waals surface area contributed by atoms with Crippen LogP contribution < -0.4 is 10.6 Å². The molecule has 1 aliphatic carbocycles. The van der Waals surface area contributed by atoms with Gasteiger partial charge in [0.1, 0.15) is 0 Å². The first kappa shape index (κ1) is 19.4. The van der Waals surface area contributed by atoms with E-state index in [4.69, 9.17) is 0 Å². The third-order valence-electron chi connectivity index (χ3n) is 5.23. The highest BCUT2D eigenvalue weighted by Crippen LogP contribution is 2.22. The number of nitrogens with zero attached hydrogens (tertiary/aromatic N) is 2. The van der Waals surface area contributed by atoms with Crippen LogP contribution in [0.25, 0.3) is 0 Å². The van der Waals surface area contributed by atoms with E-state index in [-0.39, 0.29) is 11.8 Å².